The molecule has 0 aliphatic carbocycles. The third kappa shape index (κ3) is 6.12. The van der Waals surface area contributed by atoms with Crippen LogP contribution in [-0.4, -0.2) is 42.1 Å². The number of nitrogens with two attached hydrogens (primary N) is 1. The normalized spacial score (nSPS) is 10.6. The van der Waals surface area contributed by atoms with E-state index in [1.54, 1.807) is 0 Å². The summed E-state index contributed by atoms with van der Waals surface area (Å²) in [5, 5.41) is 15.7. The first-order valence-electron chi connectivity index (χ1n) is 4.36. The minimum atomic E-state index is 0.202. The summed E-state index contributed by atoms with van der Waals surface area (Å²) in [7, 11) is 0. The van der Waals surface area contributed by atoms with Crippen LogP contribution in [0.15, 0.2) is 0 Å². The van der Waals surface area contributed by atoms with Gasteiger partial charge in [0.2, 0.25) is 0 Å². The lowest BCUT2D eigenvalue weighted by molar-refractivity contribution is 0.201. The quantitative estimate of drug-likeness (QED) is 0.375. The zero-order valence-corrected chi connectivity index (χ0v) is 7.71. The van der Waals surface area contributed by atoms with E-state index < -0.39 is 0 Å². The summed E-state index contributed by atoms with van der Waals surface area (Å²) in [6, 6.07) is 0. The van der Waals surface area contributed by atoms with Gasteiger partial charge in [-0.1, -0.05) is 6.92 Å². The number of amidine groups is 1. The Hall–Kier alpha value is -0.610. The molecule has 12 heavy (non-hydrogen) atoms. The second-order valence-corrected chi connectivity index (χ2v) is 2.79. The van der Waals surface area contributed by atoms with Crippen molar-refractivity contribution in [3.63, 3.8) is 0 Å². The number of rotatable bonds is 7. The van der Waals surface area contributed by atoms with Crippen LogP contribution in [0.2, 0.25) is 0 Å². The maximum absolute atomic E-state index is 8.67. The SMILES string of the molecule is CCN(CCO)CCCC(=N)N. The molecular formula is C8H19N3O. The molecule has 4 N–H and O–H groups in total. The van der Waals surface area contributed by atoms with Crippen molar-refractivity contribution in [2.45, 2.75) is 19.8 Å². The van der Waals surface area contributed by atoms with Gasteiger partial charge < -0.3 is 15.7 Å². The highest BCUT2D eigenvalue weighted by atomic mass is 16.3. The Bertz CT molecular complexity index is 127. The van der Waals surface area contributed by atoms with Gasteiger partial charge in [-0.3, -0.25) is 5.41 Å². The smallest absolute Gasteiger partial charge is 0.0905 e. The molecule has 0 amide bonds. The van der Waals surface area contributed by atoms with Gasteiger partial charge in [0, 0.05) is 13.0 Å². The van der Waals surface area contributed by atoms with E-state index in [2.05, 4.69) is 11.8 Å². The Morgan fingerprint density at radius 3 is 2.58 bits per heavy atom. The lowest BCUT2D eigenvalue weighted by Gasteiger charge is -2.18. The zero-order chi connectivity index (χ0) is 9.40. The van der Waals surface area contributed by atoms with Gasteiger partial charge >= 0.3 is 0 Å². The maximum atomic E-state index is 8.67. The van der Waals surface area contributed by atoms with Crippen LogP contribution in [0.1, 0.15) is 19.8 Å². The van der Waals surface area contributed by atoms with Crippen LogP contribution in [-0.2, 0) is 0 Å². The lowest BCUT2D eigenvalue weighted by Crippen LogP contribution is -2.28. The highest BCUT2D eigenvalue weighted by molar-refractivity contribution is 5.76. The minimum absolute atomic E-state index is 0.202. The first-order chi connectivity index (χ1) is 5.70. The molecule has 0 unspecified atom stereocenters. The van der Waals surface area contributed by atoms with Crippen LogP contribution in [0.5, 0.6) is 0 Å². The second-order valence-electron chi connectivity index (χ2n) is 2.79. The molecule has 0 aromatic heterocycles. The molecule has 0 aliphatic heterocycles. The highest BCUT2D eigenvalue weighted by Gasteiger charge is 2.00. The number of hydrogen-bond acceptors (Lipinski definition) is 3. The summed E-state index contributed by atoms with van der Waals surface area (Å²) in [5.74, 6) is 0.245. The van der Waals surface area contributed by atoms with Crippen LogP contribution in [0, 0.1) is 5.41 Å². The number of aliphatic hydroxyl groups excluding tert-OH is 1. The first kappa shape index (κ1) is 11.4. The van der Waals surface area contributed by atoms with Gasteiger partial charge in [0.1, 0.15) is 0 Å². The molecule has 0 rings (SSSR count). The number of likely N-dealkylation sites (N-methyl/N-ethyl adjacent to an activating group) is 1. The van der Waals surface area contributed by atoms with Crippen LogP contribution < -0.4 is 5.73 Å². The molecule has 0 saturated carbocycles. The largest absolute Gasteiger partial charge is 0.395 e. The van der Waals surface area contributed by atoms with Crippen LogP contribution in [0.3, 0.4) is 0 Å². The van der Waals surface area contributed by atoms with Gasteiger partial charge in [-0.2, -0.15) is 0 Å². The lowest BCUT2D eigenvalue weighted by atomic mass is 10.3. The van der Waals surface area contributed by atoms with E-state index in [9.17, 15) is 0 Å². The van der Waals surface area contributed by atoms with Crippen LogP contribution >= 0.6 is 0 Å². The Kier molecular flexibility index (Phi) is 6.70. The molecule has 4 nitrogen and oxygen atoms in total. The fourth-order valence-electron chi connectivity index (χ4n) is 1.06. The van der Waals surface area contributed by atoms with Gasteiger partial charge in [-0.05, 0) is 19.5 Å². The van der Waals surface area contributed by atoms with Gasteiger partial charge in [0.05, 0.1) is 12.4 Å². The predicted molar refractivity (Wildman–Crippen MR) is 50.3 cm³/mol. The molecule has 0 aliphatic rings. The number of nitrogens with one attached hydrogen (secondary N) is 1. The van der Waals surface area contributed by atoms with Gasteiger partial charge in [-0.15, -0.1) is 0 Å². The Morgan fingerprint density at radius 1 is 1.50 bits per heavy atom. The second kappa shape index (κ2) is 7.06. The van der Waals surface area contributed by atoms with E-state index >= 15 is 0 Å². The summed E-state index contributed by atoms with van der Waals surface area (Å²) < 4.78 is 0. The minimum Gasteiger partial charge on any atom is -0.395 e. The van der Waals surface area contributed by atoms with E-state index in [0.717, 1.165) is 19.5 Å². The van der Waals surface area contributed by atoms with Crippen LogP contribution in [0.4, 0.5) is 0 Å². The molecule has 4 heteroatoms. The summed E-state index contributed by atoms with van der Waals surface area (Å²) in [6.07, 6.45) is 1.56. The van der Waals surface area contributed by atoms with Crippen molar-refractivity contribution in [2.75, 3.05) is 26.2 Å². The fraction of sp³-hybridized carbons (Fsp3) is 0.875. The molecular weight excluding hydrogens is 154 g/mol. The van der Waals surface area contributed by atoms with E-state index in [4.69, 9.17) is 16.2 Å². The number of aliphatic hydroxyl groups is 1. The Labute approximate surface area is 73.9 Å². The van der Waals surface area contributed by atoms with Crippen molar-refractivity contribution in [1.29, 1.82) is 5.41 Å². The van der Waals surface area contributed by atoms with Crippen molar-refractivity contribution >= 4 is 5.84 Å². The first-order valence-corrected chi connectivity index (χ1v) is 4.36. The average molecular weight is 173 g/mol. The van der Waals surface area contributed by atoms with Crippen molar-refractivity contribution in [3.8, 4) is 0 Å². The maximum Gasteiger partial charge on any atom is 0.0905 e. The van der Waals surface area contributed by atoms with E-state index in [1.165, 1.54) is 0 Å². The summed E-state index contributed by atoms with van der Waals surface area (Å²) in [6.45, 7) is 4.83. The zero-order valence-electron chi connectivity index (χ0n) is 7.71. The van der Waals surface area contributed by atoms with Crippen molar-refractivity contribution in [2.24, 2.45) is 5.73 Å². The molecule has 0 bridgehead atoms. The third-order valence-electron chi connectivity index (χ3n) is 1.78. The Balaban J connectivity index is 3.37. The monoisotopic (exact) mass is 173 g/mol. The van der Waals surface area contributed by atoms with Crippen molar-refractivity contribution in [3.05, 3.63) is 0 Å². The van der Waals surface area contributed by atoms with Crippen molar-refractivity contribution in [1.82, 2.24) is 4.90 Å². The van der Waals surface area contributed by atoms with Crippen LogP contribution in [0.25, 0.3) is 0 Å². The summed E-state index contributed by atoms with van der Waals surface area (Å²) >= 11 is 0. The topological polar surface area (TPSA) is 73.3 Å². The van der Waals surface area contributed by atoms with E-state index in [-0.39, 0.29) is 12.4 Å². The summed E-state index contributed by atoms with van der Waals surface area (Å²) in [5.41, 5.74) is 5.21. The van der Waals surface area contributed by atoms with Gasteiger partial charge in [0.25, 0.3) is 0 Å². The molecule has 0 aromatic carbocycles. The highest BCUT2D eigenvalue weighted by Crippen LogP contribution is 1.93. The van der Waals surface area contributed by atoms with E-state index in [1.807, 2.05) is 0 Å². The Morgan fingerprint density at radius 2 is 2.17 bits per heavy atom. The molecule has 0 aromatic rings. The van der Waals surface area contributed by atoms with Gasteiger partial charge in [-0.25, -0.2) is 0 Å². The number of hydrogen-bond donors (Lipinski definition) is 3. The molecule has 0 heterocycles. The molecule has 0 saturated heterocycles. The molecule has 0 fully saturated rings. The standard InChI is InChI=1S/C8H19N3O/c1-2-11(6-7-12)5-3-4-8(9)10/h12H,2-7H2,1H3,(H3,9,10). The number of nitrogens with zero attached hydrogens (tertiary/aromatic N) is 1. The van der Waals surface area contributed by atoms with E-state index in [0.29, 0.717) is 13.0 Å². The fourth-order valence-corrected chi connectivity index (χ4v) is 1.06. The molecule has 72 valence electrons. The third-order valence-corrected chi connectivity index (χ3v) is 1.78. The molecule has 0 spiro atoms. The summed E-state index contributed by atoms with van der Waals surface area (Å²) in [4.78, 5) is 2.14. The average Bonchev–Trinajstić information content (AvgIpc) is 2.02. The van der Waals surface area contributed by atoms with Gasteiger partial charge in [0.15, 0.2) is 0 Å². The molecule has 0 atom stereocenters. The predicted octanol–water partition coefficient (Wildman–Crippen LogP) is 0.0168. The molecule has 0 radical (unpaired) electrons. The van der Waals surface area contributed by atoms with Crippen molar-refractivity contribution < 1.29 is 5.11 Å².